The van der Waals surface area contributed by atoms with Crippen molar-refractivity contribution in [2.45, 2.75) is 25.0 Å². The molecule has 0 saturated carbocycles. The maximum Gasteiger partial charge on any atom is 0.108 e. The van der Waals surface area contributed by atoms with E-state index in [2.05, 4.69) is 12.1 Å². The SMILES string of the molecule is COC(c1ccccc1)C(O)CCc1ccccc1. The van der Waals surface area contributed by atoms with Gasteiger partial charge in [-0.3, -0.25) is 0 Å². The first-order valence-electron chi connectivity index (χ1n) is 6.61. The van der Waals surface area contributed by atoms with Gasteiger partial charge in [0.15, 0.2) is 0 Å². The molecule has 0 heterocycles. The fourth-order valence-electron chi connectivity index (χ4n) is 2.27. The van der Waals surface area contributed by atoms with Gasteiger partial charge in [0.2, 0.25) is 0 Å². The van der Waals surface area contributed by atoms with Gasteiger partial charge in [0.25, 0.3) is 0 Å². The van der Waals surface area contributed by atoms with Crippen LogP contribution < -0.4 is 0 Å². The van der Waals surface area contributed by atoms with Crippen molar-refractivity contribution in [3.05, 3.63) is 71.8 Å². The molecule has 0 amide bonds. The van der Waals surface area contributed by atoms with Crippen LogP contribution in [0, 0.1) is 0 Å². The van der Waals surface area contributed by atoms with Crippen molar-refractivity contribution in [3.8, 4) is 0 Å². The van der Waals surface area contributed by atoms with E-state index < -0.39 is 6.10 Å². The van der Waals surface area contributed by atoms with Crippen LogP contribution in [0.1, 0.15) is 23.7 Å². The Kier molecular flexibility index (Phi) is 5.13. The van der Waals surface area contributed by atoms with E-state index in [0.29, 0.717) is 6.42 Å². The maximum absolute atomic E-state index is 10.3. The predicted octanol–water partition coefficient (Wildman–Crippen LogP) is 3.37. The van der Waals surface area contributed by atoms with Gasteiger partial charge in [0.05, 0.1) is 6.10 Å². The lowest BCUT2D eigenvalue weighted by molar-refractivity contribution is -0.0170. The summed E-state index contributed by atoms with van der Waals surface area (Å²) in [5, 5.41) is 10.3. The third-order valence-corrected chi connectivity index (χ3v) is 3.30. The van der Waals surface area contributed by atoms with Gasteiger partial charge in [-0.1, -0.05) is 60.7 Å². The summed E-state index contributed by atoms with van der Waals surface area (Å²) in [6.45, 7) is 0. The second-order valence-electron chi connectivity index (χ2n) is 4.66. The van der Waals surface area contributed by atoms with Crippen molar-refractivity contribution < 1.29 is 9.84 Å². The summed E-state index contributed by atoms with van der Waals surface area (Å²) in [4.78, 5) is 0. The molecule has 2 nitrogen and oxygen atoms in total. The summed E-state index contributed by atoms with van der Waals surface area (Å²) in [5.41, 5.74) is 2.26. The Hall–Kier alpha value is -1.64. The van der Waals surface area contributed by atoms with Crippen molar-refractivity contribution >= 4 is 0 Å². The molecule has 0 aliphatic rings. The third kappa shape index (κ3) is 3.91. The molecule has 0 aliphatic heterocycles. The summed E-state index contributed by atoms with van der Waals surface area (Å²) in [7, 11) is 1.64. The van der Waals surface area contributed by atoms with Gasteiger partial charge in [-0.05, 0) is 24.0 Å². The lowest BCUT2D eigenvalue weighted by Gasteiger charge is -2.22. The van der Waals surface area contributed by atoms with Crippen LogP contribution in [0.15, 0.2) is 60.7 Å². The molecule has 100 valence electrons. The summed E-state index contributed by atoms with van der Waals surface area (Å²) in [6, 6.07) is 20.1. The molecule has 1 N–H and O–H groups in total. The summed E-state index contributed by atoms with van der Waals surface area (Å²) in [5.74, 6) is 0. The average molecular weight is 256 g/mol. The summed E-state index contributed by atoms with van der Waals surface area (Å²) in [6.07, 6.45) is 0.795. The molecular formula is C17H20O2. The van der Waals surface area contributed by atoms with E-state index in [4.69, 9.17) is 4.74 Å². The van der Waals surface area contributed by atoms with E-state index >= 15 is 0 Å². The summed E-state index contributed by atoms with van der Waals surface area (Å²) < 4.78 is 5.44. The molecule has 0 spiro atoms. The lowest BCUT2D eigenvalue weighted by Crippen LogP contribution is -2.21. The molecule has 0 aliphatic carbocycles. The molecule has 2 rings (SSSR count). The van der Waals surface area contributed by atoms with Crippen LogP contribution in [0.3, 0.4) is 0 Å². The molecule has 2 aromatic rings. The zero-order valence-corrected chi connectivity index (χ0v) is 11.2. The van der Waals surface area contributed by atoms with E-state index in [0.717, 1.165) is 12.0 Å². The van der Waals surface area contributed by atoms with Crippen LogP contribution in [-0.4, -0.2) is 18.3 Å². The summed E-state index contributed by atoms with van der Waals surface area (Å²) >= 11 is 0. The Balaban J connectivity index is 1.96. The Morgan fingerprint density at radius 3 is 2.11 bits per heavy atom. The van der Waals surface area contributed by atoms with E-state index in [1.807, 2.05) is 48.5 Å². The molecule has 0 radical (unpaired) electrons. The Morgan fingerprint density at radius 2 is 1.53 bits per heavy atom. The smallest absolute Gasteiger partial charge is 0.108 e. The predicted molar refractivity (Wildman–Crippen MR) is 77.0 cm³/mol. The van der Waals surface area contributed by atoms with Crippen molar-refractivity contribution in [2.24, 2.45) is 0 Å². The minimum absolute atomic E-state index is 0.259. The molecular weight excluding hydrogens is 236 g/mol. The number of aliphatic hydroxyl groups excluding tert-OH is 1. The van der Waals surface area contributed by atoms with Crippen molar-refractivity contribution in [1.82, 2.24) is 0 Å². The molecule has 0 aromatic heterocycles. The van der Waals surface area contributed by atoms with Crippen LogP contribution in [0.5, 0.6) is 0 Å². The van der Waals surface area contributed by atoms with Gasteiger partial charge in [-0.25, -0.2) is 0 Å². The molecule has 0 bridgehead atoms. The minimum atomic E-state index is -0.493. The highest BCUT2D eigenvalue weighted by molar-refractivity contribution is 5.19. The molecule has 2 atom stereocenters. The molecule has 2 heteroatoms. The number of methoxy groups -OCH3 is 1. The first kappa shape index (κ1) is 13.8. The fraction of sp³-hybridized carbons (Fsp3) is 0.294. The zero-order chi connectivity index (χ0) is 13.5. The largest absolute Gasteiger partial charge is 0.390 e. The Bertz CT molecular complexity index is 467. The van der Waals surface area contributed by atoms with Gasteiger partial charge in [0, 0.05) is 7.11 Å². The van der Waals surface area contributed by atoms with Crippen LogP contribution in [0.2, 0.25) is 0 Å². The normalized spacial score (nSPS) is 14.0. The number of rotatable bonds is 6. The topological polar surface area (TPSA) is 29.5 Å². The second-order valence-corrected chi connectivity index (χ2v) is 4.66. The maximum atomic E-state index is 10.3. The van der Waals surface area contributed by atoms with Gasteiger partial charge >= 0.3 is 0 Å². The standard InChI is InChI=1S/C17H20O2/c1-19-17(15-10-6-3-7-11-15)16(18)13-12-14-8-4-2-5-9-14/h2-11,16-18H,12-13H2,1H3. The van der Waals surface area contributed by atoms with E-state index in [-0.39, 0.29) is 6.10 Å². The number of ether oxygens (including phenoxy) is 1. The Labute approximate surface area is 114 Å². The fourth-order valence-corrected chi connectivity index (χ4v) is 2.27. The van der Waals surface area contributed by atoms with Gasteiger partial charge in [0.1, 0.15) is 6.10 Å². The van der Waals surface area contributed by atoms with Crippen molar-refractivity contribution in [3.63, 3.8) is 0 Å². The van der Waals surface area contributed by atoms with E-state index in [9.17, 15) is 5.11 Å². The molecule has 0 fully saturated rings. The highest BCUT2D eigenvalue weighted by Gasteiger charge is 2.20. The first-order valence-corrected chi connectivity index (χ1v) is 6.61. The highest BCUT2D eigenvalue weighted by atomic mass is 16.5. The monoisotopic (exact) mass is 256 g/mol. The number of aryl methyl sites for hydroxylation is 1. The number of benzene rings is 2. The van der Waals surface area contributed by atoms with Crippen LogP contribution in [0.4, 0.5) is 0 Å². The third-order valence-electron chi connectivity index (χ3n) is 3.30. The highest BCUT2D eigenvalue weighted by Crippen LogP contribution is 2.23. The average Bonchev–Trinajstić information content (AvgIpc) is 2.48. The van der Waals surface area contributed by atoms with Crippen molar-refractivity contribution in [1.29, 1.82) is 0 Å². The minimum Gasteiger partial charge on any atom is -0.390 e. The van der Waals surface area contributed by atoms with Gasteiger partial charge < -0.3 is 9.84 Å². The molecule has 19 heavy (non-hydrogen) atoms. The van der Waals surface area contributed by atoms with Crippen LogP contribution >= 0.6 is 0 Å². The number of hydrogen-bond acceptors (Lipinski definition) is 2. The quantitative estimate of drug-likeness (QED) is 0.858. The van der Waals surface area contributed by atoms with E-state index in [1.54, 1.807) is 7.11 Å². The van der Waals surface area contributed by atoms with Crippen LogP contribution in [-0.2, 0) is 11.2 Å². The Morgan fingerprint density at radius 1 is 0.947 bits per heavy atom. The molecule has 2 unspecified atom stereocenters. The van der Waals surface area contributed by atoms with Gasteiger partial charge in [-0.2, -0.15) is 0 Å². The molecule has 2 aromatic carbocycles. The van der Waals surface area contributed by atoms with Crippen LogP contribution in [0.25, 0.3) is 0 Å². The second kappa shape index (κ2) is 7.07. The van der Waals surface area contributed by atoms with E-state index in [1.165, 1.54) is 5.56 Å². The first-order chi connectivity index (χ1) is 9.31. The zero-order valence-electron chi connectivity index (χ0n) is 11.2. The molecule has 0 saturated heterocycles. The lowest BCUT2D eigenvalue weighted by atomic mass is 9.98. The number of hydrogen-bond donors (Lipinski definition) is 1. The van der Waals surface area contributed by atoms with Crippen molar-refractivity contribution in [2.75, 3.05) is 7.11 Å². The number of aliphatic hydroxyl groups is 1. The van der Waals surface area contributed by atoms with Gasteiger partial charge in [-0.15, -0.1) is 0 Å².